The highest BCUT2D eigenvalue weighted by atomic mass is 16.1. The molecule has 1 aromatic carbocycles. The van der Waals surface area contributed by atoms with E-state index in [9.17, 15) is 4.79 Å². The number of benzene rings is 1. The molecule has 20 heavy (non-hydrogen) atoms. The molecule has 0 saturated heterocycles. The number of hydrogen-bond acceptors (Lipinski definition) is 3. The van der Waals surface area contributed by atoms with Gasteiger partial charge in [0.25, 0.3) is 0 Å². The van der Waals surface area contributed by atoms with E-state index in [2.05, 4.69) is 22.2 Å². The minimum absolute atomic E-state index is 0.129. The molecule has 4 nitrogen and oxygen atoms in total. The third kappa shape index (κ3) is 2.59. The summed E-state index contributed by atoms with van der Waals surface area (Å²) in [5.74, 6) is 0.129. The maximum absolute atomic E-state index is 12.2. The van der Waals surface area contributed by atoms with Gasteiger partial charge in [0.15, 0.2) is 5.78 Å². The zero-order valence-corrected chi connectivity index (χ0v) is 11.1. The molecule has 0 aliphatic heterocycles. The topological polar surface area (TPSA) is 47.3 Å². The Hall–Kier alpha value is -2.49. The van der Waals surface area contributed by atoms with Crippen molar-refractivity contribution in [3.63, 3.8) is 0 Å². The van der Waals surface area contributed by atoms with Crippen molar-refractivity contribution in [1.29, 1.82) is 0 Å². The number of hydrogen-bond donors (Lipinski definition) is 0. The number of rotatable bonds is 5. The van der Waals surface area contributed by atoms with Crippen LogP contribution in [0.1, 0.15) is 28.8 Å². The van der Waals surface area contributed by atoms with E-state index >= 15 is 0 Å². The summed E-state index contributed by atoms with van der Waals surface area (Å²) in [6, 6.07) is 10.2. The Morgan fingerprint density at radius 2 is 2.00 bits per heavy atom. The van der Waals surface area contributed by atoms with Crippen molar-refractivity contribution in [2.24, 2.45) is 0 Å². The van der Waals surface area contributed by atoms with Crippen molar-refractivity contribution in [2.75, 3.05) is 0 Å². The number of carbonyl (C=O) groups is 1. The fourth-order valence-electron chi connectivity index (χ4n) is 2.28. The van der Waals surface area contributed by atoms with Gasteiger partial charge in [-0.05, 0) is 18.4 Å². The molecule has 3 aromatic rings. The van der Waals surface area contributed by atoms with Gasteiger partial charge in [-0.2, -0.15) is 5.10 Å². The lowest BCUT2D eigenvalue weighted by atomic mass is 10.0. The summed E-state index contributed by atoms with van der Waals surface area (Å²) in [6.07, 6.45) is 9.01. The minimum atomic E-state index is 0.129. The summed E-state index contributed by atoms with van der Waals surface area (Å²) >= 11 is 0. The lowest BCUT2D eigenvalue weighted by molar-refractivity contribution is 0.0982. The third-order valence-corrected chi connectivity index (χ3v) is 3.34. The molecule has 4 heteroatoms. The number of fused-ring (bicyclic) bond motifs is 1. The first-order valence-electron chi connectivity index (χ1n) is 6.69. The molecule has 0 radical (unpaired) electrons. The van der Waals surface area contributed by atoms with Crippen molar-refractivity contribution >= 4 is 11.3 Å². The Labute approximate surface area is 117 Å². The van der Waals surface area contributed by atoms with Gasteiger partial charge >= 0.3 is 0 Å². The maximum Gasteiger partial charge on any atom is 0.166 e. The second-order valence-corrected chi connectivity index (χ2v) is 4.73. The first-order valence-corrected chi connectivity index (χ1v) is 6.69. The molecule has 0 bridgehead atoms. The Bertz CT molecular complexity index is 719. The fraction of sp³-hybridized carbons (Fsp3) is 0.188. The highest BCUT2D eigenvalue weighted by molar-refractivity contribution is 6.01. The van der Waals surface area contributed by atoms with Crippen LogP contribution in [-0.2, 0) is 6.42 Å². The fourth-order valence-corrected chi connectivity index (χ4v) is 2.28. The van der Waals surface area contributed by atoms with Gasteiger partial charge in [-0.1, -0.05) is 30.3 Å². The number of carbonyl (C=O) groups excluding carboxylic acids is 1. The third-order valence-electron chi connectivity index (χ3n) is 3.34. The summed E-state index contributed by atoms with van der Waals surface area (Å²) < 4.78 is 1.68. The van der Waals surface area contributed by atoms with E-state index in [4.69, 9.17) is 0 Å². The average molecular weight is 265 g/mol. The summed E-state index contributed by atoms with van der Waals surface area (Å²) in [4.78, 5) is 16.3. The molecule has 3 rings (SSSR count). The second kappa shape index (κ2) is 5.65. The highest BCUT2D eigenvalue weighted by Crippen LogP contribution is 2.13. The van der Waals surface area contributed by atoms with Crippen molar-refractivity contribution < 1.29 is 4.79 Å². The van der Waals surface area contributed by atoms with Gasteiger partial charge in [0.2, 0.25) is 0 Å². The van der Waals surface area contributed by atoms with Crippen LogP contribution in [0, 0.1) is 0 Å². The lowest BCUT2D eigenvalue weighted by Crippen LogP contribution is -2.00. The number of ketones is 1. The molecule has 0 atom stereocenters. The van der Waals surface area contributed by atoms with Crippen LogP contribution < -0.4 is 0 Å². The van der Waals surface area contributed by atoms with Gasteiger partial charge in [-0.25, -0.2) is 4.52 Å². The molecule has 2 heterocycles. The zero-order chi connectivity index (χ0) is 13.8. The first-order chi connectivity index (χ1) is 9.84. The Balaban J connectivity index is 1.65. The Morgan fingerprint density at radius 1 is 1.15 bits per heavy atom. The van der Waals surface area contributed by atoms with E-state index in [1.165, 1.54) is 5.56 Å². The van der Waals surface area contributed by atoms with Crippen LogP contribution in [0.25, 0.3) is 5.52 Å². The number of Topliss-reactive ketones (excluding diaryl/α,β-unsaturated/α-hetero) is 1. The van der Waals surface area contributed by atoms with Gasteiger partial charge in [0.05, 0.1) is 23.5 Å². The van der Waals surface area contributed by atoms with E-state index in [0.29, 0.717) is 12.0 Å². The van der Waals surface area contributed by atoms with Crippen molar-refractivity contribution in [2.45, 2.75) is 19.3 Å². The normalized spacial score (nSPS) is 10.8. The quantitative estimate of drug-likeness (QED) is 0.666. The summed E-state index contributed by atoms with van der Waals surface area (Å²) in [7, 11) is 0. The van der Waals surface area contributed by atoms with Crippen LogP contribution in [0.15, 0.2) is 55.1 Å². The van der Waals surface area contributed by atoms with Gasteiger partial charge in [0.1, 0.15) is 0 Å². The molecule has 0 amide bonds. The highest BCUT2D eigenvalue weighted by Gasteiger charge is 2.12. The summed E-state index contributed by atoms with van der Waals surface area (Å²) in [5.41, 5.74) is 2.70. The molecule has 2 aromatic heterocycles. The van der Waals surface area contributed by atoms with E-state index < -0.39 is 0 Å². The smallest absolute Gasteiger partial charge is 0.166 e. The van der Waals surface area contributed by atoms with Crippen molar-refractivity contribution in [3.05, 3.63) is 66.2 Å². The van der Waals surface area contributed by atoms with Crippen LogP contribution >= 0.6 is 0 Å². The molecule has 0 unspecified atom stereocenters. The first kappa shape index (κ1) is 12.5. The van der Waals surface area contributed by atoms with Crippen LogP contribution in [0.5, 0.6) is 0 Å². The van der Waals surface area contributed by atoms with Crippen LogP contribution in [-0.4, -0.2) is 20.4 Å². The number of nitrogens with zero attached hydrogens (tertiary/aromatic N) is 3. The van der Waals surface area contributed by atoms with E-state index in [-0.39, 0.29) is 5.78 Å². The van der Waals surface area contributed by atoms with E-state index in [1.807, 2.05) is 18.2 Å². The van der Waals surface area contributed by atoms with Gasteiger partial charge in [-0.3, -0.25) is 9.78 Å². The predicted molar refractivity (Wildman–Crippen MR) is 76.7 cm³/mol. The molecule has 0 saturated carbocycles. The SMILES string of the molecule is O=C(CCCc1ccccc1)c1cnn2ccncc12. The number of aryl methyl sites for hydroxylation is 1. The zero-order valence-electron chi connectivity index (χ0n) is 11.1. The average Bonchev–Trinajstić information content (AvgIpc) is 2.92. The minimum Gasteiger partial charge on any atom is -0.294 e. The van der Waals surface area contributed by atoms with Crippen molar-refractivity contribution in [3.8, 4) is 0 Å². The number of aromatic nitrogens is 3. The molecule has 0 aliphatic rings. The lowest BCUT2D eigenvalue weighted by Gasteiger charge is -2.01. The van der Waals surface area contributed by atoms with Gasteiger partial charge in [-0.15, -0.1) is 0 Å². The van der Waals surface area contributed by atoms with Crippen LogP contribution in [0.2, 0.25) is 0 Å². The maximum atomic E-state index is 12.2. The second-order valence-electron chi connectivity index (χ2n) is 4.73. The monoisotopic (exact) mass is 265 g/mol. The largest absolute Gasteiger partial charge is 0.294 e. The molecular formula is C16H15N3O. The van der Waals surface area contributed by atoms with Gasteiger partial charge < -0.3 is 0 Å². The Kier molecular flexibility index (Phi) is 3.54. The van der Waals surface area contributed by atoms with E-state index in [0.717, 1.165) is 18.4 Å². The molecular weight excluding hydrogens is 250 g/mol. The molecule has 0 fully saturated rings. The van der Waals surface area contributed by atoms with Crippen LogP contribution in [0.4, 0.5) is 0 Å². The van der Waals surface area contributed by atoms with Gasteiger partial charge in [0, 0.05) is 18.8 Å². The summed E-state index contributed by atoms with van der Waals surface area (Å²) in [5, 5.41) is 4.16. The van der Waals surface area contributed by atoms with Crippen LogP contribution in [0.3, 0.4) is 0 Å². The standard InChI is InChI=1S/C16H15N3O/c20-16(8-4-7-13-5-2-1-3-6-13)14-11-18-19-10-9-17-12-15(14)19/h1-3,5-6,9-12H,4,7-8H2. The predicted octanol–water partition coefficient (Wildman–Crippen LogP) is 2.93. The van der Waals surface area contributed by atoms with Crippen molar-refractivity contribution in [1.82, 2.24) is 14.6 Å². The molecule has 0 aliphatic carbocycles. The molecule has 100 valence electrons. The summed E-state index contributed by atoms with van der Waals surface area (Å²) in [6.45, 7) is 0. The Morgan fingerprint density at radius 3 is 2.85 bits per heavy atom. The van der Waals surface area contributed by atoms with E-state index in [1.54, 1.807) is 29.3 Å². The molecule has 0 N–H and O–H groups in total. The molecule has 0 spiro atoms.